The van der Waals surface area contributed by atoms with Gasteiger partial charge in [-0.3, -0.25) is 4.98 Å². The highest BCUT2D eigenvalue weighted by molar-refractivity contribution is 7.14. The molecule has 0 radical (unpaired) electrons. The molecule has 0 saturated heterocycles. The van der Waals surface area contributed by atoms with E-state index in [2.05, 4.69) is 15.3 Å². The van der Waals surface area contributed by atoms with Crippen LogP contribution >= 0.6 is 11.3 Å². The van der Waals surface area contributed by atoms with E-state index in [1.54, 1.807) is 17.5 Å². The van der Waals surface area contributed by atoms with Crippen molar-refractivity contribution in [3.8, 4) is 10.7 Å². The van der Waals surface area contributed by atoms with Gasteiger partial charge >= 0.3 is 0 Å². The van der Waals surface area contributed by atoms with Crippen LogP contribution in [0.3, 0.4) is 0 Å². The third kappa shape index (κ3) is 2.87. The molecule has 2 heterocycles. The first-order valence-electron chi connectivity index (χ1n) is 5.41. The van der Waals surface area contributed by atoms with Crippen molar-refractivity contribution >= 4 is 11.3 Å². The lowest BCUT2D eigenvalue weighted by molar-refractivity contribution is 0.729. The first-order chi connectivity index (χ1) is 7.90. The zero-order chi connectivity index (χ0) is 11.2. The fourth-order valence-corrected chi connectivity index (χ4v) is 2.40. The second kappa shape index (κ2) is 5.72. The Bertz CT molecular complexity index is 425. The minimum atomic E-state index is 0.965. The molecule has 4 heteroatoms. The van der Waals surface area contributed by atoms with E-state index < -0.39 is 0 Å². The van der Waals surface area contributed by atoms with Crippen LogP contribution in [0, 0.1) is 0 Å². The summed E-state index contributed by atoms with van der Waals surface area (Å²) in [5.74, 6) is 0. The predicted molar refractivity (Wildman–Crippen MR) is 67.6 cm³/mol. The molecule has 0 unspecified atom stereocenters. The molecule has 0 saturated carbocycles. The first-order valence-corrected chi connectivity index (χ1v) is 6.22. The Balaban J connectivity index is 2.02. The standard InChI is InChI=1S/C12H15N3S/c1-13-7-4-5-10-9-15-12(16-10)11-6-2-3-8-14-11/h2-3,6,8-9,13H,4-5,7H2,1H3. The van der Waals surface area contributed by atoms with E-state index in [4.69, 9.17) is 0 Å². The van der Waals surface area contributed by atoms with Crippen molar-refractivity contribution in [2.45, 2.75) is 12.8 Å². The highest BCUT2D eigenvalue weighted by Gasteiger charge is 2.04. The fourth-order valence-electron chi connectivity index (χ4n) is 1.47. The molecule has 0 atom stereocenters. The molecule has 0 aliphatic heterocycles. The normalized spacial score (nSPS) is 10.6. The smallest absolute Gasteiger partial charge is 0.142 e. The molecule has 2 rings (SSSR count). The maximum atomic E-state index is 4.40. The number of pyridine rings is 1. The summed E-state index contributed by atoms with van der Waals surface area (Å²) in [5, 5.41) is 4.16. The maximum Gasteiger partial charge on any atom is 0.142 e. The molecule has 0 fully saturated rings. The summed E-state index contributed by atoms with van der Waals surface area (Å²) in [4.78, 5) is 10.0. The van der Waals surface area contributed by atoms with Gasteiger partial charge in [0.2, 0.25) is 0 Å². The Morgan fingerprint density at radius 3 is 3.00 bits per heavy atom. The van der Waals surface area contributed by atoms with E-state index >= 15 is 0 Å². The summed E-state index contributed by atoms with van der Waals surface area (Å²) in [6, 6.07) is 5.91. The van der Waals surface area contributed by atoms with Crippen molar-refractivity contribution in [3.05, 3.63) is 35.5 Å². The van der Waals surface area contributed by atoms with Crippen LogP contribution in [0.2, 0.25) is 0 Å². The number of hydrogen-bond acceptors (Lipinski definition) is 4. The van der Waals surface area contributed by atoms with Crippen molar-refractivity contribution < 1.29 is 0 Å². The Hall–Kier alpha value is -1.26. The molecule has 0 aliphatic rings. The van der Waals surface area contributed by atoms with Gasteiger partial charge in [-0.05, 0) is 38.6 Å². The average molecular weight is 233 g/mol. The lowest BCUT2D eigenvalue weighted by atomic mass is 10.3. The molecular formula is C12H15N3S. The van der Waals surface area contributed by atoms with Crippen LogP contribution < -0.4 is 5.32 Å². The molecule has 16 heavy (non-hydrogen) atoms. The maximum absolute atomic E-state index is 4.40. The van der Waals surface area contributed by atoms with Gasteiger partial charge in [0.05, 0.1) is 5.69 Å². The molecule has 2 aromatic rings. The van der Waals surface area contributed by atoms with Crippen molar-refractivity contribution in [2.75, 3.05) is 13.6 Å². The molecule has 3 nitrogen and oxygen atoms in total. The van der Waals surface area contributed by atoms with Gasteiger partial charge in [-0.1, -0.05) is 6.07 Å². The van der Waals surface area contributed by atoms with E-state index in [0.29, 0.717) is 0 Å². The van der Waals surface area contributed by atoms with E-state index in [1.165, 1.54) is 4.88 Å². The third-order valence-electron chi connectivity index (χ3n) is 2.29. The van der Waals surface area contributed by atoms with Crippen molar-refractivity contribution in [3.63, 3.8) is 0 Å². The number of nitrogens with one attached hydrogen (secondary N) is 1. The SMILES string of the molecule is CNCCCc1cnc(-c2ccccn2)s1. The summed E-state index contributed by atoms with van der Waals surface area (Å²) in [5.41, 5.74) is 0.965. The van der Waals surface area contributed by atoms with Crippen LogP contribution in [-0.2, 0) is 6.42 Å². The minimum absolute atomic E-state index is 0.965. The lowest BCUT2D eigenvalue weighted by Gasteiger charge is -1.95. The second-order valence-electron chi connectivity index (χ2n) is 3.55. The zero-order valence-electron chi connectivity index (χ0n) is 9.31. The molecule has 84 valence electrons. The average Bonchev–Trinajstić information content (AvgIpc) is 2.79. The quantitative estimate of drug-likeness (QED) is 0.806. The van der Waals surface area contributed by atoms with Crippen LogP contribution in [-0.4, -0.2) is 23.6 Å². The number of nitrogens with zero attached hydrogens (tertiary/aromatic N) is 2. The summed E-state index contributed by atoms with van der Waals surface area (Å²) in [7, 11) is 1.98. The predicted octanol–water partition coefficient (Wildman–Crippen LogP) is 2.36. The van der Waals surface area contributed by atoms with E-state index in [1.807, 2.05) is 31.4 Å². The van der Waals surface area contributed by atoms with Crippen LogP contribution in [0.25, 0.3) is 10.7 Å². The molecule has 0 bridgehead atoms. The van der Waals surface area contributed by atoms with Crippen LogP contribution in [0.4, 0.5) is 0 Å². The van der Waals surface area contributed by atoms with Crippen molar-refractivity contribution in [2.24, 2.45) is 0 Å². The fraction of sp³-hybridized carbons (Fsp3) is 0.333. The number of aryl methyl sites for hydroxylation is 1. The minimum Gasteiger partial charge on any atom is -0.320 e. The highest BCUT2D eigenvalue weighted by Crippen LogP contribution is 2.23. The molecule has 2 aromatic heterocycles. The summed E-state index contributed by atoms with van der Waals surface area (Å²) < 4.78 is 0. The number of hydrogen-bond donors (Lipinski definition) is 1. The van der Waals surface area contributed by atoms with E-state index in [-0.39, 0.29) is 0 Å². The highest BCUT2D eigenvalue weighted by atomic mass is 32.1. The molecule has 1 N–H and O–H groups in total. The van der Waals surface area contributed by atoms with Crippen molar-refractivity contribution in [1.82, 2.24) is 15.3 Å². The van der Waals surface area contributed by atoms with Crippen LogP contribution in [0.1, 0.15) is 11.3 Å². The Morgan fingerprint density at radius 1 is 1.31 bits per heavy atom. The summed E-state index contributed by atoms with van der Waals surface area (Å²) >= 11 is 1.74. The van der Waals surface area contributed by atoms with Crippen LogP contribution in [0.15, 0.2) is 30.6 Å². The van der Waals surface area contributed by atoms with Gasteiger partial charge in [0.25, 0.3) is 0 Å². The van der Waals surface area contributed by atoms with Gasteiger partial charge in [-0.15, -0.1) is 11.3 Å². The number of rotatable bonds is 5. The Labute approximate surface area is 99.6 Å². The molecule has 0 amide bonds. The number of thiazole rings is 1. The van der Waals surface area contributed by atoms with Gasteiger partial charge in [0.1, 0.15) is 5.01 Å². The van der Waals surface area contributed by atoms with Gasteiger partial charge < -0.3 is 5.32 Å². The third-order valence-corrected chi connectivity index (χ3v) is 3.37. The van der Waals surface area contributed by atoms with E-state index in [9.17, 15) is 0 Å². The van der Waals surface area contributed by atoms with Crippen molar-refractivity contribution in [1.29, 1.82) is 0 Å². The van der Waals surface area contributed by atoms with Crippen LogP contribution in [0.5, 0.6) is 0 Å². The van der Waals surface area contributed by atoms with Gasteiger partial charge in [0.15, 0.2) is 0 Å². The molecule has 0 aromatic carbocycles. The Kier molecular flexibility index (Phi) is 4.02. The Morgan fingerprint density at radius 2 is 2.25 bits per heavy atom. The topological polar surface area (TPSA) is 37.8 Å². The largest absolute Gasteiger partial charge is 0.320 e. The number of aromatic nitrogens is 2. The first kappa shape index (κ1) is 11.2. The summed E-state index contributed by atoms with van der Waals surface area (Å²) in [6.07, 6.45) is 6.01. The monoisotopic (exact) mass is 233 g/mol. The van der Waals surface area contributed by atoms with Gasteiger partial charge in [-0.2, -0.15) is 0 Å². The van der Waals surface area contributed by atoms with Gasteiger partial charge in [0, 0.05) is 17.3 Å². The zero-order valence-corrected chi connectivity index (χ0v) is 10.1. The summed E-state index contributed by atoms with van der Waals surface area (Å²) in [6.45, 7) is 1.05. The lowest BCUT2D eigenvalue weighted by Crippen LogP contribution is -2.07. The van der Waals surface area contributed by atoms with E-state index in [0.717, 1.165) is 30.1 Å². The molecule has 0 aliphatic carbocycles. The molecule has 0 spiro atoms. The second-order valence-corrected chi connectivity index (χ2v) is 4.67. The van der Waals surface area contributed by atoms with Gasteiger partial charge in [-0.25, -0.2) is 4.98 Å². The molecular weight excluding hydrogens is 218 g/mol.